The molecule has 1 unspecified atom stereocenters. The van der Waals surface area contributed by atoms with E-state index in [1.165, 1.54) is 100 Å². The first-order valence-electron chi connectivity index (χ1n) is 18.4. The molecule has 1 heterocycles. The monoisotopic (exact) mass is 663 g/mol. The van der Waals surface area contributed by atoms with Gasteiger partial charge in [-0.25, -0.2) is 0 Å². The molecule has 0 aromatic heterocycles. The molecule has 1 aliphatic heterocycles. The highest BCUT2D eigenvalue weighted by Crippen LogP contribution is 2.62. The minimum absolute atomic E-state index is 0.0484. The zero-order chi connectivity index (χ0) is 34.8. The van der Waals surface area contributed by atoms with Gasteiger partial charge in [-0.05, 0) is 132 Å². The van der Waals surface area contributed by atoms with Gasteiger partial charge in [0.15, 0.2) is 0 Å². The number of nitrogens with zero attached hydrogens (tertiary/aromatic N) is 1. The first-order valence-corrected chi connectivity index (χ1v) is 18.4. The van der Waals surface area contributed by atoms with Crippen molar-refractivity contribution in [2.75, 3.05) is 4.90 Å². The van der Waals surface area contributed by atoms with Crippen molar-refractivity contribution in [3.63, 3.8) is 0 Å². The molecule has 52 heavy (non-hydrogen) atoms. The fourth-order valence-electron chi connectivity index (χ4n) is 9.84. The van der Waals surface area contributed by atoms with Gasteiger partial charge >= 0.3 is 0 Å². The van der Waals surface area contributed by atoms with E-state index in [1.54, 1.807) is 0 Å². The summed E-state index contributed by atoms with van der Waals surface area (Å²) in [7, 11) is 0. The van der Waals surface area contributed by atoms with E-state index in [-0.39, 0.29) is 10.8 Å². The van der Waals surface area contributed by atoms with Gasteiger partial charge < -0.3 is 4.90 Å². The number of fused-ring (bicyclic) bond motifs is 9. The summed E-state index contributed by atoms with van der Waals surface area (Å²) in [5.74, 6) is 0. The molecule has 1 nitrogen and oxygen atoms in total. The molecule has 246 valence electrons. The van der Waals surface area contributed by atoms with Crippen molar-refractivity contribution in [2.24, 2.45) is 0 Å². The normalized spacial score (nSPS) is 16.9. The average molecular weight is 664 g/mol. The number of benzene rings is 8. The highest BCUT2D eigenvalue weighted by Gasteiger charge is 2.48. The van der Waals surface area contributed by atoms with Gasteiger partial charge in [0, 0.05) is 16.5 Å². The first kappa shape index (κ1) is 29.5. The Balaban J connectivity index is 1.12. The summed E-state index contributed by atoms with van der Waals surface area (Å²) in [6.07, 6.45) is 0. The van der Waals surface area contributed by atoms with Gasteiger partial charge in [-0.15, -0.1) is 0 Å². The van der Waals surface area contributed by atoms with Crippen LogP contribution in [0, 0.1) is 0 Å². The van der Waals surface area contributed by atoms with Crippen LogP contribution in [0.4, 0.5) is 17.1 Å². The van der Waals surface area contributed by atoms with Crippen molar-refractivity contribution in [3.8, 4) is 44.5 Å². The van der Waals surface area contributed by atoms with E-state index in [2.05, 4.69) is 196 Å². The summed E-state index contributed by atoms with van der Waals surface area (Å²) in [6.45, 7) is 7.19. The van der Waals surface area contributed by atoms with Crippen molar-refractivity contribution >= 4 is 27.8 Å². The third kappa shape index (κ3) is 3.88. The largest absolute Gasteiger partial charge is 0.310 e. The van der Waals surface area contributed by atoms with Crippen LogP contribution in [0.1, 0.15) is 48.6 Å². The molecule has 0 spiro atoms. The molecule has 8 aromatic carbocycles. The summed E-state index contributed by atoms with van der Waals surface area (Å²) >= 11 is 0. The molecule has 0 saturated heterocycles. The Morgan fingerprint density at radius 3 is 1.81 bits per heavy atom. The molecule has 0 saturated carbocycles. The molecule has 2 aliphatic carbocycles. The van der Waals surface area contributed by atoms with Gasteiger partial charge in [0.25, 0.3) is 0 Å². The third-order valence-corrected chi connectivity index (χ3v) is 12.4. The maximum Gasteiger partial charge on any atom is 0.0512 e. The van der Waals surface area contributed by atoms with Crippen LogP contribution >= 0.6 is 0 Å². The van der Waals surface area contributed by atoms with Crippen LogP contribution in [0.3, 0.4) is 0 Å². The van der Waals surface area contributed by atoms with Crippen molar-refractivity contribution < 1.29 is 0 Å². The lowest BCUT2D eigenvalue weighted by molar-refractivity contribution is 0.660. The summed E-state index contributed by atoms with van der Waals surface area (Å²) in [5.41, 5.74) is 20.6. The molecule has 1 heteroatoms. The molecular weight excluding hydrogens is 627 g/mol. The molecule has 3 aliphatic rings. The van der Waals surface area contributed by atoms with Crippen LogP contribution in [0.5, 0.6) is 0 Å². The summed E-state index contributed by atoms with van der Waals surface area (Å²) < 4.78 is 0. The van der Waals surface area contributed by atoms with Crippen molar-refractivity contribution in [3.05, 3.63) is 198 Å². The number of rotatable bonds is 3. The Labute approximate surface area is 305 Å². The van der Waals surface area contributed by atoms with E-state index in [0.717, 1.165) is 0 Å². The molecule has 0 fully saturated rings. The average Bonchev–Trinajstić information content (AvgIpc) is 3.60. The zero-order valence-electron chi connectivity index (χ0n) is 29.6. The number of hydrogen-bond donors (Lipinski definition) is 0. The van der Waals surface area contributed by atoms with Gasteiger partial charge in [0.1, 0.15) is 0 Å². The number of anilines is 3. The van der Waals surface area contributed by atoms with Crippen molar-refractivity contribution in [1.29, 1.82) is 0 Å². The Morgan fingerprint density at radius 1 is 0.365 bits per heavy atom. The predicted molar refractivity (Wildman–Crippen MR) is 218 cm³/mol. The molecule has 8 aromatic rings. The van der Waals surface area contributed by atoms with Gasteiger partial charge in [-0.1, -0.05) is 141 Å². The third-order valence-electron chi connectivity index (χ3n) is 12.4. The zero-order valence-corrected chi connectivity index (χ0v) is 29.6. The van der Waals surface area contributed by atoms with Gasteiger partial charge in [-0.3, -0.25) is 0 Å². The van der Waals surface area contributed by atoms with E-state index in [0.29, 0.717) is 0 Å². The lowest BCUT2D eigenvalue weighted by Gasteiger charge is -2.42. The molecule has 0 N–H and O–H groups in total. The summed E-state index contributed by atoms with van der Waals surface area (Å²) in [4.78, 5) is 2.51. The lowest BCUT2D eigenvalue weighted by atomic mass is 9.70. The van der Waals surface area contributed by atoms with E-state index in [4.69, 9.17) is 0 Å². The summed E-state index contributed by atoms with van der Waals surface area (Å²) in [5, 5.41) is 2.52. The van der Waals surface area contributed by atoms with Gasteiger partial charge in [-0.2, -0.15) is 0 Å². The SMILES string of the molecule is CC1(C)c2ccccc2-c2ccc(-c3ccc4c(c3)C3(C)c5ccccc5-c5cccc(c53)N4c3cccc(-c4ccc5ccccc5c4)c3)cc21. The van der Waals surface area contributed by atoms with Crippen LogP contribution in [-0.4, -0.2) is 0 Å². The quantitative estimate of drug-likeness (QED) is 0.182. The lowest BCUT2D eigenvalue weighted by Crippen LogP contribution is -2.32. The minimum atomic E-state index is -0.299. The maximum absolute atomic E-state index is 2.51. The van der Waals surface area contributed by atoms with E-state index in [1.807, 2.05) is 0 Å². The maximum atomic E-state index is 2.51. The smallest absolute Gasteiger partial charge is 0.0512 e. The highest BCUT2D eigenvalue weighted by molar-refractivity contribution is 5.98. The standard InChI is InChI=1S/C51H37N/c1-50(2)43-19-8-6-16-39(43)41-26-24-36(30-45(41)50)37-25-27-47-46(31-37)51(3)44-20-9-7-17-40(44)42-18-11-21-48(49(42)51)52(47)38-15-10-14-34(29-38)35-23-22-32-12-4-5-13-33(32)28-35/h4-31H,1-3H3. The van der Waals surface area contributed by atoms with Crippen molar-refractivity contribution in [1.82, 2.24) is 0 Å². The van der Waals surface area contributed by atoms with E-state index < -0.39 is 0 Å². The summed E-state index contributed by atoms with van der Waals surface area (Å²) in [6, 6.07) is 63.7. The molecule has 1 atom stereocenters. The van der Waals surface area contributed by atoms with E-state index in [9.17, 15) is 0 Å². The van der Waals surface area contributed by atoms with Crippen LogP contribution in [0.25, 0.3) is 55.3 Å². The molecule has 0 amide bonds. The first-order chi connectivity index (χ1) is 25.4. The molecule has 11 rings (SSSR count). The van der Waals surface area contributed by atoms with Crippen LogP contribution in [0.15, 0.2) is 170 Å². The van der Waals surface area contributed by atoms with Gasteiger partial charge in [0.05, 0.1) is 11.4 Å². The molecular formula is C51H37N. The Kier molecular flexibility index (Phi) is 5.93. The Morgan fingerprint density at radius 2 is 0.962 bits per heavy atom. The topological polar surface area (TPSA) is 3.24 Å². The second kappa shape index (κ2) is 10.4. The minimum Gasteiger partial charge on any atom is -0.310 e. The van der Waals surface area contributed by atoms with Crippen LogP contribution in [0.2, 0.25) is 0 Å². The van der Waals surface area contributed by atoms with Crippen LogP contribution in [-0.2, 0) is 10.8 Å². The number of hydrogen-bond acceptors (Lipinski definition) is 1. The molecule has 0 radical (unpaired) electrons. The fourth-order valence-corrected chi connectivity index (χ4v) is 9.84. The van der Waals surface area contributed by atoms with E-state index >= 15 is 0 Å². The predicted octanol–water partition coefficient (Wildman–Crippen LogP) is 13.6. The molecule has 0 bridgehead atoms. The van der Waals surface area contributed by atoms with Crippen LogP contribution < -0.4 is 4.90 Å². The fraction of sp³-hybridized carbons (Fsp3) is 0.0980. The second-order valence-electron chi connectivity index (χ2n) is 15.5. The van der Waals surface area contributed by atoms with Crippen molar-refractivity contribution in [2.45, 2.75) is 31.6 Å². The highest BCUT2D eigenvalue weighted by atomic mass is 15.2. The van der Waals surface area contributed by atoms with Gasteiger partial charge in [0.2, 0.25) is 0 Å². The Hall–Kier alpha value is -6.18. The second-order valence-corrected chi connectivity index (χ2v) is 15.5. The Bertz CT molecular complexity index is 2800.